The third-order valence-corrected chi connectivity index (χ3v) is 2.91. The molecule has 16 heavy (non-hydrogen) atoms. The van der Waals surface area contributed by atoms with E-state index >= 15 is 0 Å². The quantitative estimate of drug-likeness (QED) is 0.757. The molecule has 5 heteroatoms. The van der Waals surface area contributed by atoms with Gasteiger partial charge >= 0.3 is 5.97 Å². The summed E-state index contributed by atoms with van der Waals surface area (Å²) in [5.41, 5.74) is 0.844. The van der Waals surface area contributed by atoms with Gasteiger partial charge in [-0.2, -0.15) is 0 Å². The number of ether oxygens (including phenoxy) is 1. The monoisotopic (exact) mass is 299 g/mol. The molecule has 0 saturated carbocycles. The number of halogens is 2. The summed E-state index contributed by atoms with van der Waals surface area (Å²) in [6.45, 7) is 0. The highest BCUT2D eigenvalue weighted by atomic mass is 79.9. The first-order valence-electron chi connectivity index (χ1n) is 4.45. The van der Waals surface area contributed by atoms with E-state index in [1.54, 1.807) is 12.3 Å². The van der Waals surface area contributed by atoms with Crippen LogP contribution in [0.15, 0.2) is 28.9 Å². The Morgan fingerprint density at radius 3 is 2.94 bits per heavy atom. The molecule has 0 aliphatic rings. The number of methoxy groups -OCH3 is 1. The van der Waals surface area contributed by atoms with Gasteiger partial charge in [-0.05, 0) is 28.1 Å². The molecule has 0 aliphatic heterocycles. The highest BCUT2D eigenvalue weighted by Gasteiger charge is 2.16. The second-order valence-electron chi connectivity index (χ2n) is 3.14. The number of fused-ring (bicyclic) bond motifs is 1. The molecular formula is C11H7BrClNO2. The van der Waals surface area contributed by atoms with E-state index in [1.165, 1.54) is 7.11 Å². The number of carbonyl (C=O) groups is 1. The molecule has 0 aliphatic carbocycles. The fraction of sp³-hybridized carbons (Fsp3) is 0.0909. The van der Waals surface area contributed by atoms with Crippen LogP contribution in [0.25, 0.3) is 10.9 Å². The molecule has 3 nitrogen and oxygen atoms in total. The zero-order chi connectivity index (χ0) is 11.7. The minimum absolute atomic E-state index is 0.300. The summed E-state index contributed by atoms with van der Waals surface area (Å²) in [6, 6.07) is 5.33. The molecule has 0 saturated heterocycles. The number of hydrogen-bond donors (Lipinski definition) is 0. The lowest BCUT2D eigenvalue weighted by atomic mass is 10.1. The van der Waals surface area contributed by atoms with Crippen LogP contribution in [0.4, 0.5) is 0 Å². The van der Waals surface area contributed by atoms with Gasteiger partial charge in [-0.15, -0.1) is 0 Å². The van der Waals surface area contributed by atoms with E-state index in [9.17, 15) is 4.79 Å². The summed E-state index contributed by atoms with van der Waals surface area (Å²) in [5.74, 6) is -0.481. The molecule has 1 aromatic heterocycles. The van der Waals surface area contributed by atoms with Crippen LogP contribution in [-0.2, 0) is 4.74 Å². The summed E-state index contributed by atoms with van der Waals surface area (Å²) < 4.78 is 5.53. The molecule has 1 heterocycles. The zero-order valence-corrected chi connectivity index (χ0v) is 10.7. The molecule has 0 N–H and O–H groups in total. The molecule has 1 aromatic carbocycles. The van der Waals surface area contributed by atoms with Gasteiger partial charge in [-0.1, -0.05) is 17.7 Å². The van der Waals surface area contributed by atoms with E-state index in [2.05, 4.69) is 25.7 Å². The molecule has 0 amide bonds. The minimum Gasteiger partial charge on any atom is -0.465 e. The number of esters is 1. The lowest BCUT2D eigenvalue weighted by Gasteiger charge is -2.06. The minimum atomic E-state index is -0.481. The Morgan fingerprint density at radius 2 is 2.25 bits per heavy atom. The molecule has 0 fully saturated rings. The summed E-state index contributed by atoms with van der Waals surface area (Å²) in [7, 11) is 1.32. The van der Waals surface area contributed by atoms with Crippen LogP contribution in [0.1, 0.15) is 10.4 Å². The fourth-order valence-electron chi connectivity index (χ4n) is 1.45. The normalized spacial score (nSPS) is 10.4. The Bertz CT molecular complexity index is 571. The number of aromatic nitrogens is 1. The van der Waals surface area contributed by atoms with Crippen molar-refractivity contribution >= 4 is 44.4 Å². The molecule has 82 valence electrons. The van der Waals surface area contributed by atoms with Crippen LogP contribution in [0.5, 0.6) is 0 Å². The van der Waals surface area contributed by atoms with Crippen LogP contribution in [0, 0.1) is 0 Å². The van der Waals surface area contributed by atoms with Crippen molar-refractivity contribution in [2.45, 2.75) is 0 Å². The van der Waals surface area contributed by atoms with E-state index in [0.717, 1.165) is 9.86 Å². The van der Waals surface area contributed by atoms with Crippen LogP contribution in [-0.4, -0.2) is 18.1 Å². The van der Waals surface area contributed by atoms with E-state index < -0.39 is 5.97 Å². The van der Waals surface area contributed by atoms with Gasteiger partial charge in [-0.3, -0.25) is 4.98 Å². The fourth-order valence-corrected chi connectivity index (χ4v) is 2.03. The molecule has 2 aromatic rings. The van der Waals surface area contributed by atoms with Gasteiger partial charge in [0.2, 0.25) is 0 Å². The number of carbonyl (C=O) groups excluding carboxylic acids is 1. The molecule has 0 atom stereocenters. The Hall–Kier alpha value is -1.13. The molecular weight excluding hydrogens is 293 g/mol. The maximum absolute atomic E-state index is 11.6. The van der Waals surface area contributed by atoms with Crippen molar-refractivity contribution in [3.8, 4) is 0 Å². The standard InChI is InChI=1S/C11H7BrClNO2/c1-16-11(15)9-8(13)3-2-6-4-7(12)5-14-10(6)9/h2-5H,1H3. The largest absolute Gasteiger partial charge is 0.465 e. The zero-order valence-electron chi connectivity index (χ0n) is 8.33. The number of pyridine rings is 1. The van der Waals surface area contributed by atoms with Gasteiger partial charge < -0.3 is 4.74 Å². The second-order valence-corrected chi connectivity index (χ2v) is 4.46. The average Bonchev–Trinajstić information content (AvgIpc) is 2.28. The van der Waals surface area contributed by atoms with Crippen molar-refractivity contribution < 1.29 is 9.53 Å². The molecule has 0 bridgehead atoms. The highest BCUT2D eigenvalue weighted by molar-refractivity contribution is 9.10. The van der Waals surface area contributed by atoms with Gasteiger partial charge in [0.25, 0.3) is 0 Å². The Kier molecular flexibility index (Phi) is 3.12. The number of benzene rings is 1. The van der Waals surface area contributed by atoms with Crippen LogP contribution < -0.4 is 0 Å². The maximum atomic E-state index is 11.6. The SMILES string of the molecule is COC(=O)c1c(Cl)ccc2cc(Br)cnc12. The van der Waals surface area contributed by atoms with E-state index in [0.29, 0.717) is 16.1 Å². The summed E-state index contributed by atoms with van der Waals surface area (Å²) in [5, 5.41) is 1.17. The predicted octanol–water partition coefficient (Wildman–Crippen LogP) is 3.44. The van der Waals surface area contributed by atoms with Crippen molar-refractivity contribution in [3.05, 3.63) is 39.5 Å². The molecule has 2 rings (SSSR count). The Labute approximate surface area is 106 Å². The van der Waals surface area contributed by atoms with Gasteiger partial charge in [0.1, 0.15) is 5.56 Å². The topological polar surface area (TPSA) is 39.2 Å². The third-order valence-electron chi connectivity index (χ3n) is 2.16. The third kappa shape index (κ3) is 1.90. The maximum Gasteiger partial charge on any atom is 0.341 e. The van der Waals surface area contributed by atoms with Crippen molar-refractivity contribution in [1.29, 1.82) is 0 Å². The lowest BCUT2D eigenvalue weighted by Crippen LogP contribution is -2.04. The number of rotatable bonds is 1. The first-order chi connectivity index (χ1) is 7.63. The molecule has 0 unspecified atom stereocenters. The summed E-state index contributed by atoms with van der Waals surface area (Å²) >= 11 is 9.28. The second kappa shape index (κ2) is 4.39. The van der Waals surface area contributed by atoms with Crippen molar-refractivity contribution in [1.82, 2.24) is 4.98 Å². The van der Waals surface area contributed by atoms with Gasteiger partial charge in [0.05, 0.1) is 17.6 Å². The van der Waals surface area contributed by atoms with Gasteiger partial charge in [-0.25, -0.2) is 4.79 Å². The predicted molar refractivity (Wildman–Crippen MR) is 65.8 cm³/mol. The van der Waals surface area contributed by atoms with E-state index in [1.807, 2.05) is 12.1 Å². The van der Waals surface area contributed by atoms with Crippen LogP contribution in [0.2, 0.25) is 5.02 Å². The van der Waals surface area contributed by atoms with Crippen molar-refractivity contribution in [3.63, 3.8) is 0 Å². The van der Waals surface area contributed by atoms with Crippen molar-refractivity contribution in [2.75, 3.05) is 7.11 Å². The first-order valence-corrected chi connectivity index (χ1v) is 5.62. The van der Waals surface area contributed by atoms with Gasteiger partial charge in [0, 0.05) is 16.1 Å². The Balaban J connectivity index is 2.79. The lowest BCUT2D eigenvalue weighted by molar-refractivity contribution is 0.0603. The van der Waals surface area contributed by atoms with E-state index in [4.69, 9.17) is 11.6 Å². The summed E-state index contributed by atoms with van der Waals surface area (Å²) in [6.07, 6.45) is 1.62. The van der Waals surface area contributed by atoms with E-state index in [-0.39, 0.29) is 0 Å². The number of hydrogen-bond acceptors (Lipinski definition) is 3. The van der Waals surface area contributed by atoms with Gasteiger partial charge in [0.15, 0.2) is 0 Å². The van der Waals surface area contributed by atoms with Crippen LogP contribution >= 0.6 is 27.5 Å². The average molecular weight is 301 g/mol. The summed E-state index contributed by atoms with van der Waals surface area (Å²) in [4.78, 5) is 15.8. The highest BCUT2D eigenvalue weighted by Crippen LogP contribution is 2.26. The Morgan fingerprint density at radius 1 is 1.50 bits per heavy atom. The van der Waals surface area contributed by atoms with Crippen LogP contribution in [0.3, 0.4) is 0 Å². The molecule has 0 spiro atoms. The first kappa shape index (κ1) is 11.4. The van der Waals surface area contributed by atoms with Crippen molar-refractivity contribution in [2.24, 2.45) is 0 Å². The molecule has 0 radical (unpaired) electrons. The smallest absolute Gasteiger partial charge is 0.341 e. The number of nitrogens with zero attached hydrogens (tertiary/aromatic N) is 1.